The van der Waals surface area contributed by atoms with Gasteiger partial charge in [-0.2, -0.15) is 0 Å². The Labute approximate surface area is 108 Å². The summed E-state index contributed by atoms with van der Waals surface area (Å²) in [5, 5.41) is 4.10. The number of nitrogens with one attached hydrogen (secondary N) is 1. The van der Waals surface area contributed by atoms with Crippen LogP contribution in [0.25, 0.3) is 0 Å². The van der Waals surface area contributed by atoms with Crippen molar-refractivity contribution in [2.75, 3.05) is 31.6 Å². The van der Waals surface area contributed by atoms with Crippen molar-refractivity contribution in [2.24, 2.45) is 0 Å². The van der Waals surface area contributed by atoms with E-state index in [1.807, 2.05) is 12.1 Å². The molecule has 0 aliphatic carbocycles. The van der Waals surface area contributed by atoms with Crippen molar-refractivity contribution in [1.82, 2.24) is 5.32 Å². The third kappa shape index (κ3) is 2.67. The van der Waals surface area contributed by atoms with Crippen molar-refractivity contribution in [3.63, 3.8) is 0 Å². The second kappa shape index (κ2) is 5.61. The van der Waals surface area contributed by atoms with Gasteiger partial charge in [-0.15, -0.1) is 0 Å². The molecule has 0 amide bonds. The number of benzene rings is 1. The summed E-state index contributed by atoms with van der Waals surface area (Å²) in [4.78, 5) is 2.42. The maximum atomic E-state index is 6.17. The van der Waals surface area contributed by atoms with E-state index < -0.39 is 0 Å². The summed E-state index contributed by atoms with van der Waals surface area (Å²) in [5.41, 5.74) is 1.18. The summed E-state index contributed by atoms with van der Waals surface area (Å²) in [6.45, 7) is 5.32. The van der Waals surface area contributed by atoms with Crippen LogP contribution in [0.1, 0.15) is 13.3 Å². The Balaban J connectivity index is 2.23. The van der Waals surface area contributed by atoms with Gasteiger partial charge >= 0.3 is 0 Å². The van der Waals surface area contributed by atoms with Gasteiger partial charge in [0, 0.05) is 31.4 Å². The monoisotopic (exact) mass is 254 g/mol. The number of piperazine rings is 1. The van der Waals surface area contributed by atoms with E-state index in [4.69, 9.17) is 16.3 Å². The van der Waals surface area contributed by atoms with Gasteiger partial charge in [0.05, 0.1) is 12.1 Å². The molecule has 1 saturated heterocycles. The molecule has 0 aromatic heterocycles. The quantitative estimate of drug-likeness (QED) is 0.897. The van der Waals surface area contributed by atoms with Crippen LogP contribution in [0.4, 0.5) is 5.69 Å². The van der Waals surface area contributed by atoms with E-state index in [0.717, 1.165) is 31.8 Å². The highest BCUT2D eigenvalue weighted by Crippen LogP contribution is 2.30. The van der Waals surface area contributed by atoms with Crippen molar-refractivity contribution in [1.29, 1.82) is 0 Å². The molecule has 1 N–H and O–H groups in total. The second-order valence-corrected chi connectivity index (χ2v) is 4.69. The molecule has 17 heavy (non-hydrogen) atoms. The Morgan fingerprint density at radius 1 is 1.53 bits per heavy atom. The number of methoxy groups -OCH3 is 1. The fraction of sp³-hybridized carbons (Fsp3) is 0.538. The SMILES string of the molecule is CCC1CNCCN1c1ccc(OC)c(Cl)c1. The third-order valence-electron chi connectivity index (χ3n) is 3.29. The fourth-order valence-corrected chi connectivity index (χ4v) is 2.55. The highest BCUT2D eigenvalue weighted by molar-refractivity contribution is 6.32. The van der Waals surface area contributed by atoms with E-state index in [-0.39, 0.29) is 0 Å². The molecule has 94 valence electrons. The lowest BCUT2D eigenvalue weighted by Gasteiger charge is -2.37. The van der Waals surface area contributed by atoms with E-state index in [1.54, 1.807) is 7.11 Å². The molecule has 0 bridgehead atoms. The first-order valence-electron chi connectivity index (χ1n) is 6.07. The molecule has 1 aliphatic rings. The topological polar surface area (TPSA) is 24.5 Å². The molecule has 4 heteroatoms. The Morgan fingerprint density at radius 3 is 3.00 bits per heavy atom. The van der Waals surface area contributed by atoms with Crippen molar-refractivity contribution < 1.29 is 4.74 Å². The van der Waals surface area contributed by atoms with Gasteiger partial charge in [0.15, 0.2) is 0 Å². The number of halogens is 1. The molecule has 0 saturated carbocycles. The van der Waals surface area contributed by atoms with E-state index in [1.165, 1.54) is 5.69 Å². The summed E-state index contributed by atoms with van der Waals surface area (Å²) < 4.78 is 5.18. The largest absolute Gasteiger partial charge is 0.495 e. The minimum absolute atomic E-state index is 0.549. The van der Waals surface area contributed by atoms with E-state index in [2.05, 4.69) is 23.2 Å². The average molecular weight is 255 g/mol. The zero-order valence-electron chi connectivity index (χ0n) is 10.4. The maximum absolute atomic E-state index is 6.17. The Kier molecular flexibility index (Phi) is 4.13. The predicted octanol–water partition coefficient (Wildman–Crippen LogP) is 2.54. The van der Waals surface area contributed by atoms with Crippen LogP contribution in [-0.4, -0.2) is 32.8 Å². The number of hydrogen-bond acceptors (Lipinski definition) is 3. The highest BCUT2D eigenvalue weighted by atomic mass is 35.5. The Morgan fingerprint density at radius 2 is 2.35 bits per heavy atom. The van der Waals surface area contributed by atoms with Gasteiger partial charge in [-0.05, 0) is 24.6 Å². The molecule has 1 aromatic rings. The number of nitrogens with zero attached hydrogens (tertiary/aromatic N) is 1. The van der Waals surface area contributed by atoms with Crippen LogP contribution in [-0.2, 0) is 0 Å². The smallest absolute Gasteiger partial charge is 0.137 e. The van der Waals surface area contributed by atoms with Gasteiger partial charge in [-0.25, -0.2) is 0 Å². The number of rotatable bonds is 3. The van der Waals surface area contributed by atoms with Gasteiger partial charge in [0.1, 0.15) is 5.75 Å². The van der Waals surface area contributed by atoms with Crippen LogP contribution < -0.4 is 15.0 Å². The lowest BCUT2D eigenvalue weighted by molar-refractivity contribution is 0.414. The van der Waals surface area contributed by atoms with E-state index in [9.17, 15) is 0 Å². The molecular weight excluding hydrogens is 236 g/mol. The maximum Gasteiger partial charge on any atom is 0.137 e. The zero-order chi connectivity index (χ0) is 12.3. The Bertz CT molecular complexity index is 384. The second-order valence-electron chi connectivity index (χ2n) is 4.28. The molecule has 3 nitrogen and oxygen atoms in total. The number of ether oxygens (including phenoxy) is 1. The van der Waals surface area contributed by atoms with Gasteiger partial charge < -0.3 is 15.0 Å². The fourth-order valence-electron chi connectivity index (χ4n) is 2.30. The standard InChI is InChI=1S/C13H19ClN2O/c1-3-10-9-15-6-7-16(10)11-4-5-13(17-2)12(14)8-11/h4-5,8,10,15H,3,6-7,9H2,1-2H3. The van der Waals surface area contributed by atoms with Gasteiger partial charge in [0.2, 0.25) is 0 Å². The highest BCUT2D eigenvalue weighted by Gasteiger charge is 2.21. The van der Waals surface area contributed by atoms with Gasteiger partial charge in [-0.3, -0.25) is 0 Å². The molecule has 1 heterocycles. The van der Waals surface area contributed by atoms with Crippen LogP contribution in [0.15, 0.2) is 18.2 Å². The van der Waals surface area contributed by atoms with Crippen LogP contribution >= 0.6 is 11.6 Å². The number of hydrogen-bond donors (Lipinski definition) is 1. The van der Waals surface area contributed by atoms with Crippen LogP contribution in [0, 0.1) is 0 Å². The van der Waals surface area contributed by atoms with Crippen LogP contribution in [0.2, 0.25) is 5.02 Å². The molecule has 2 rings (SSSR count). The third-order valence-corrected chi connectivity index (χ3v) is 3.58. The van der Waals surface area contributed by atoms with Crippen molar-refractivity contribution in [3.8, 4) is 5.75 Å². The minimum Gasteiger partial charge on any atom is -0.495 e. The summed E-state index contributed by atoms with van der Waals surface area (Å²) in [7, 11) is 1.64. The van der Waals surface area contributed by atoms with Crippen LogP contribution in [0.5, 0.6) is 5.75 Å². The lowest BCUT2D eigenvalue weighted by atomic mass is 10.1. The first-order chi connectivity index (χ1) is 8.26. The summed E-state index contributed by atoms with van der Waals surface area (Å²) in [6, 6.07) is 6.56. The molecule has 1 aromatic carbocycles. The van der Waals surface area contributed by atoms with Crippen LogP contribution in [0.3, 0.4) is 0 Å². The summed E-state index contributed by atoms with van der Waals surface area (Å²) in [5.74, 6) is 0.735. The molecular formula is C13H19ClN2O. The first kappa shape index (κ1) is 12.5. The molecule has 0 spiro atoms. The molecule has 1 fully saturated rings. The van der Waals surface area contributed by atoms with Crippen molar-refractivity contribution in [2.45, 2.75) is 19.4 Å². The van der Waals surface area contributed by atoms with Crippen molar-refractivity contribution in [3.05, 3.63) is 23.2 Å². The number of anilines is 1. The minimum atomic E-state index is 0.549. The molecule has 1 aliphatic heterocycles. The van der Waals surface area contributed by atoms with Gasteiger partial charge in [0.25, 0.3) is 0 Å². The van der Waals surface area contributed by atoms with Gasteiger partial charge in [-0.1, -0.05) is 18.5 Å². The molecule has 0 radical (unpaired) electrons. The normalized spacial score (nSPS) is 20.4. The summed E-state index contributed by atoms with van der Waals surface area (Å²) >= 11 is 6.17. The van der Waals surface area contributed by atoms with Crippen molar-refractivity contribution >= 4 is 17.3 Å². The molecule has 1 atom stereocenters. The first-order valence-corrected chi connectivity index (χ1v) is 6.45. The predicted molar refractivity (Wildman–Crippen MR) is 72.3 cm³/mol. The average Bonchev–Trinajstić information content (AvgIpc) is 2.38. The summed E-state index contributed by atoms with van der Waals surface area (Å²) in [6.07, 6.45) is 1.14. The molecule has 1 unspecified atom stereocenters. The zero-order valence-corrected chi connectivity index (χ0v) is 11.1. The lowest BCUT2D eigenvalue weighted by Crippen LogP contribution is -2.51. The Hall–Kier alpha value is -0.930. The van der Waals surface area contributed by atoms with E-state index in [0.29, 0.717) is 11.1 Å². The van der Waals surface area contributed by atoms with E-state index >= 15 is 0 Å².